The molecule has 0 bridgehead atoms. The SMILES string of the molecule is CC(C)Cn1nc(C(=O)OCC(=O)c2ccc(C(C)(C)C)cc2)c2ccccc2c1=O. The predicted octanol–water partition coefficient (Wildman–Crippen LogP) is 4.39. The second kappa shape index (κ2) is 8.84. The minimum Gasteiger partial charge on any atom is -0.452 e. The van der Waals surface area contributed by atoms with E-state index in [2.05, 4.69) is 25.9 Å². The van der Waals surface area contributed by atoms with Crippen LogP contribution in [0.15, 0.2) is 53.3 Å². The number of rotatable bonds is 6. The number of ether oxygens (including phenoxy) is 1. The maximum absolute atomic E-state index is 12.8. The van der Waals surface area contributed by atoms with Crippen molar-refractivity contribution in [2.24, 2.45) is 5.92 Å². The highest BCUT2D eigenvalue weighted by atomic mass is 16.5. The summed E-state index contributed by atoms with van der Waals surface area (Å²) < 4.78 is 6.57. The molecule has 1 heterocycles. The van der Waals surface area contributed by atoms with E-state index in [1.54, 1.807) is 36.4 Å². The second-order valence-corrected chi connectivity index (χ2v) is 9.10. The summed E-state index contributed by atoms with van der Waals surface area (Å²) in [5, 5.41) is 5.06. The number of fused-ring (bicyclic) bond motifs is 1. The van der Waals surface area contributed by atoms with Crippen LogP contribution in [0.25, 0.3) is 10.8 Å². The zero-order valence-electron chi connectivity index (χ0n) is 18.6. The zero-order chi connectivity index (χ0) is 22.8. The van der Waals surface area contributed by atoms with Crippen molar-refractivity contribution in [1.29, 1.82) is 0 Å². The van der Waals surface area contributed by atoms with E-state index in [0.29, 0.717) is 22.9 Å². The first-order valence-corrected chi connectivity index (χ1v) is 10.4. The summed E-state index contributed by atoms with van der Waals surface area (Å²) in [6.45, 7) is 10.2. The lowest BCUT2D eigenvalue weighted by Gasteiger charge is -2.19. The topological polar surface area (TPSA) is 78.3 Å². The van der Waals surface area contributed by atoms with Crippen molar-refractivity contribution in [1.82, 2.24) is 9.78 Å². The van der Waals surface area contributed by atoms with E-state index in [-0.39, 0.29) is 28.4 Å². The molecular weight excluding hydrogens is 392 g/mol. The average Bonchev–Trinajstić information content (AvgIpc) is 2.73. The van der Waals surface area contributed by atoms with Crippen molar-refractivity contribution in [2.75, 3.05) is 6.61 Å². The maximum atomic E-state index is 12.8. The van der Waals surface area contributed by atoms with Crippen LogP contribution in [0.3, 0.4) is 0 Å². The van der Waals surface area contributed by atoms with Gasteiger partial charge in [-0.25, -0.2) is 9.48 Å². The Bertz CT molecular complexity index is 1170. The van der Waals surface area contributed by atoms with Crippen molar-refractivity contribution < 1.29 is 14.3 Å². The Morgan fingerprint density at radius 1 is 1.00 bits per heavy atom. The fourth-order valence-corrected chi connectivity index (χ4v) is 3.29. The van der Waals surface area contributed by atoms with Gasteiger partial charge >= 0.3 is 5.97 Å². The number of ketones is 1. The normalized spacial score (nSPS) is 11.7. The van der Waals surface area contributed by atoms with Crippen LogP contribution < -0.4 is 5.56 Å². The molecule has 0 saturated carbocycles. The van der Waals surface area contributed by atoms with E-state index >= 15 is 0 Å². The molecule has 0 spiro atoms. The third kappa shape index (κ3) is 5.08. The minimum absolute atomic E-state index is 0.0140. The lowest BCUT2D eigenvalue weighted by Crippen LogP contribution is -2.28. The molecule has 0 aliphatic heterocycles. The van der Waals surface area contributed by atoms with E-state index in [1.807, 2.05) is 26.0 Å². The first kappa shape index (κ1) is 22.4. The molecule has 0 unspecified atom stereocenters. The summed E-state index contributed by atoms with van der Waals surface area (Å²) in [5.41, 5.74) is 1.36. The Morgan fingerprint density at radius 3 is 2.19 bits per heavy atom. The predicted molar refractivity (Wildman–Crippen MR) is 121 cm³/mol. The van der Waals surface area contributed by atoms with Gasteiger partial charge in [-0.15, -0.1) is 0 Å². The molecule has 31 heavy (non-hydrogen) atoms. The number of esters is 1. The number of nitrogens with zero attached hydrogens (tertiary/aromatic N) is 2. The van der Waals surface area contributed by atoms with Crippen molar-refractivity contribution in [2.45, 2.75) is 46.6 Å². The lowest BCUT2D eigenvalue weighted by atomic mass is 9.86. The molecule has 3 rings (SSSR count). The van der Waals surface area contributed by atoms with E-state index in [9.17, 15) is 14.4 Å². The molecule has 0 amide bonds. The molecule has 0 aliphatic carbocycles. The maximum Gasteiger partial charge on any atom is 0.359 e. The Balaban J connectivity index is 1.82. The van der Waals surface area contributed by atoms with Gasteiger partial charge < -0.3 is 4.74 Å². The first-order valence-electron chi connectivity index (χ1n) is 10.4. The molecule has 1 aromatic heterocycles. The number of carbonyl (C=O) groups excluding carboxylic acids is 2. The van der Waals surface area contributed by atoms with Crippen LogP contribution in [0.1, 0.15) is 61.0 Å². The number of hydrogen-bond acceptors (Lipinski definition) is 5. The van der Waals surface area contributed by atoms with Crippen molar-refractivity contribution >= 4 is 22.5 Å². The van der Waals surface area contributed by atoms with Crippen LogP contribution in [0, 0.1) is 5.92 Å². The quantitative estimate of drug-likeness (QED) is 0.437. The third-order valence-corrected chi connectivity index (χ3v) is 5.01. The molecule has 0 saturated heterocycles. The Morgan fingerprint density at radius 2 is 1.61 bits per heavy atom. The summed E-state index contributed by atoms with van der Waals surface area (Å²) in [7, 11) is 0. The standard InChI is InChI=1S/C25H28N2O4/c1-16(2)14-27-23(29)20-9-7-6-8-19(20)22(26-27)24(30)31-15-21(28)17-10-12-18(13-11-17)25(3,4)5/h6-13,16H,14-15H2,1-5H3. The van der Waals surface area contributed by atoms with Crippen molar-refractivity contribution in [3.05, 3.63) is 75.7 Å². The van der Waals surface area contributed by atoms with Crippen LogP contribution in [0.5, 0.6) is 0 Å². The summed E-state index contributed by atoms with van der Waals surface area (Å²) in [6, 6.07) is 14.1. The Hall–Kier alpha value is -3.28. The van der Waals surface area contributed by atoms with Crippen LogP contribution in [-0.4, -0.2) is 28.1 Å². The first-order chi connectivity index (χ1) is 14.6. The molecule has 6 heteroatoms. The molecule has 2 aromatic carbocycles. The average molecular weight is 421 g/mol. The highest BCUT2D eigenvalue weighted by Gasteiger charge is 2.20. The van der Waals surface area contributed by atoms with Gasteiger partial charge in [0.2, 0.25) is 0 Å². The molecule has 0 radical (unpaired) electrons. The van der Waals surface area contributed by atoms with Gasteiger partial charge in [0, 0.05) is 17.5 Å². The van der Waals surface area contributed by atoms with Gasteiger partial charge in [-0.05, 0) is 23.0 Å². The second-order valence-electron chi connectivity index (χ2n) is 9.10. The van der Waals surface area contributed by atoms with Gasteiger partial charge in [0.25, 0.3) is 5.56 Å². The van der Waals surface area contributed by atoms with Crippen LogP contribution in [0.4, 0.5) is 0 Å². The number of aromatic nitrogens is 2. The molecule has 0 atom stereocenters. The smallest absolute Gasteiger partial charge is 0.359 e. The van der Waals surface area contributed by atoms with Gasteiger partial charge in [0.15, 0.2) is 18.1 Å². The molecule has 0 aliphatic rings. The Kier molecular flexibility index (Phi) is 6.39. The lowest BCUT2D eigenvalue weighted by molar-refractivity contribution is 0.0468. The fourth-order valence-electron chi connectivity index (χ4n) is 3.29. The van der Waals surface area contributed by atoms with Gasteiger partial charge in [-0.3, -0.25) is 9.59 Å². The highest BCUT2D eigenvalue weighted by molar-refractivity contribution is 6.04. The highest BCUT2D eigenvalue weighted by Crippen LogP contribution is 2.22. The van der Waals surface area contributed by atoms with E-state index in [0.717, 1.165) is 5.56 Å². The Labute approximate surface area is 181 Å². The zero-order valence-corrected chi connectivity index (χ0v) is 18.6. The van der Waals surface area contributed by atoms with E-state index in [1.165, 1.54) is 4.68 Å². The molecule has 0 N–H and O–H groups in total. The summed E-state index contributed by atoms with van der Waals surface area (Å²) in [5.74, 6) is -0.852. The number of Topliss-reactive ketones (excluding diaryl/α,β-unsaturated/α-hetero) is 1. The summed E-state index contributed by atoms with van der Waals surface area (Å²) >= 11 is 0. The summed E-state index contributed by atoms with van der Waals surface area (Å²) in [6.07, 6.45) is 0. The van der Waals surface area contributed by atoms with Crippen LogP contribution >= 0.6 is 0 Å². The van der Waals surface area contributed by atoms with Gasteiger partial charge in [0.05, 0.1) is 5.39 Å². The number of carbonyl (C=O) groups is 2. The number of hydrogen-bond donors (Lipinski definition) is 0. The minimum atomic E-state index is -0.728. The molecule has 6 nitrogen and oxygen atoms in total. The molecule has 0 fully saturated rings. The fraction of sp³-hybridized carbons (Fsp3) is 0.360. The van der Waals surface area contributed by atoms with E-state index < -0.39 is 12.6 Å². The van der Waals surface area contributed by atoms with Crippen molar-refractivity contribution in [3.63, 3.8) is 0 Å². The number of benzene rings is 2. The molecule has 3 aromatic rings. The van der Waals surface area contributed by atoms with E-state index in [4.69, 9.17) is 4.74 Å². The summed E-state index contributed by atoms with van der Waals surface area (Å²) in [4.78, 5) is 38.0. The van der Waals surface area contributed by atoms with Gasteiger partial charge in [-0.2, -0.15) is 5.10 Å². The monoisotopic (exact) mass is 420 g/mol. The molecular formula is C25H28N2O4. The van der Waals surface area contributed by atoms with Crippen LogP contribution in [0.2, 0.25) is 0 Å². The van der Waals surface area contributed by atoms with Crippen molar-refractivity contribution in [3.8, 4) is 0 Å². The van der Waals surface area contributed by atoms with Gasteiger partial charge in [-0.1, -0.05) is 77.1 Å². The van der Waals surface area contributed by atoms with Gasteiger partial charge in [0.1, 0.15) is 0 Å². The third-order valence-electron chi connectivity index (χ3n) is 5.01. The largest absolute Gasteiger partial charge is 0.452 e. The molecule has 162 valence electrons. The van der Waals surface area contributed by atoms with Crippen LogP contribution in [-0.2, 0) is 16.7 Å².